The predicted octanol–water partition coefficient (Wildman–Crippen LogP) is 9.25. The summed E-state index contributed by atoms with van der Waals surface area (Å²) >= 11 is 0. The third kappa shape index (κ3) is 7.54. The smallest absolute Gasteiger partial charge is 0.341 e. The van der Waals surface area contributed by atoms with E-state index in [-0.39, 0.29) is 31.4 Å². The van der Waals surface area contributed by atoms with Gasteiger partial charge in [-0.25, -0.2) is 0 Å². The SMILES string of the molecule is CCOP(=O)(OCC)C(C(=O)c1cc2ccccc2cc1CC(=O)N1CCCN(C(=O)c2ccc3ccccc3c2)CC1)c1cccc2ccccc12. The molecule has 1 heterocycles. The molecule has 9 heteroatoms. The summed E-state index contributed by atoms with van der Waals surface area (Å²) in [7, 11) is -4.06. The van der Waals surface area contributed by atoms with E-state index in [0.717, 1.165) is 32.3 Å². The number of fused-ring (bicyclic) bond motifs is 3. The van der Waals surface area contributed by atoms with Crippen LogP contribution < -0.4 is 0 Å². The van der Waals surface area contributed by atoms with Crippen LogP contribution in [-0.4, -0.2) is 66.8 Å². The number of amides is 2. The molecular weight excluding hydrogens is 683 g/mol. The van der Waals surface area contributed by atoms with E-state index in [1.807, 2.05) is 120 Å². The molecule has 2 amide bonds. The number of Topliss-reactive ketones (excluding diaryl/α,β-unsaturated/α-hetero) is 1. The molecular formula is C44H43N2O6P. The van der Waals surface area contributed by atoms with E-state index in [4.69, 9.17) is 9.05 Å². The molecule has 0 aromatic heterocycles. The van der Waals surface area contributed by atoms with Crippen molar-refractivity contribution in [1.82, 2.24) is 9.80 Å². The van der Waals surface area contributed by atoms with E-state index in [9.17, 15) is 14.2 Å². The van der Waals surface area contributed by atoms with Crippen molar-refractivity contribution in [3.05, 3.63) is 144 Å². The summed E-state index contributed by atoms with van der Waals surface area (Å²) in [5, 5.41) is 5.46. The highest BCUT2D eigenvalue weighted by molar-refractivity contribution is 7.55. The number of rotatable bonds is 11. The molecule has 0 saturated carbocycles. The van der Waals surface area contributed by atoms with Crippen LogP contribution in [0.3, 0.4) is 0 Å². The quantitative estimate of drug-likeness (QED) is 0.0977. The summed E-state index contributed by atoms with van der Waals surface area (Å²) in [6.07, 6.45) is 0.587. The molecule has 0 spiro atoms. The molecule has 6 aromatic carbocycles. The molecule has 0 N–H and O–H groups in total. The number of carbonyl (C=O) groups excluding carboxylic acids is 3. The molecule has 7 rings (SSSR count). The minimum Gasteiger partial charge on any atom is -0.341 e. The minimum absolute atomic E-state index is 0.0413. The normalized spacial score (nSPS) is 14.4. The van der Waals surface area contributed by atoms with Gasteiger partial charge in [0.25, 0.3) is 5.91 Å². The van der Waals surface area contributed by atoms with Crippen molar-refractivity contribution >= 4 is 57.5 Å². The van der Waals surface area contributed by atoms with Gasteiger partial charge in [-0.3, -0.25) is 18.9 Å². The summed E-state index contributed by atoms with van der Waals surface area (Å²) in [5.41, 5.74) is 0.748. The van der Waals surface area contributed by atoms with Gasteiger partial charge in [-0.15, -0.1) is 0 Å². The zero-order valence-electron chi connectivity index (χ0n) is 30.1. The zero-order valence-corrected chi connectivity index (χ0v) is 31.0. The molecule has 0 bridgehead atoms. The average Bonchev–Trinajstić information content (AvgIpc) is 3.44. The number of nitrogens with zero attached hydrogens (tertiary/aromatic N) is 2. The van der Waals surface area contributed by atoms with Crippen molar-refractivity contribution in [1.29, 1.82) is 0 Å². The van der Waals surface area contributed by atoms with Crippen LogP contribution in [0.1, 0.15) is 57.8 Å². The molecule has 0 radical (unpaired) electrons. The van der Waals surface area contributed by atoms with Gasteiger partial charge in [0.15, 0.2) is 5.78 Å². The molecule has 1 saturated heterocycles. The second kappa shape index (κ2) is 15.8. The summed E-state index contributed by atoms with van der Waals surface area (Å²) < 4.78 is 26.5. The van der Waals surface area contributed by atoms with Crippen molar-refractivity contribution < 1.29 is 28.0 Å². The minimum atomic E-state index is -4.06. The van der Waals surface area contributed by atoms with Gasteiger partial charge in [-0.2, -0.15) is 0 Å². The number of benzene rings is 6. The first-order chi connectivity index (χ1) is 25.8. The van der Waals surface area contributed by atoms with Gasteiger partial charge in [0.1, 0.15) is 5.66 Å². The highest BCUT2D eigenvalue weighted by atomic mass is 31.2. The molecule has 6 aromatic rings. The summed E-state index contributed by atoms with van der Waals surface area (Å²) in [6, 6.07) is 38.3. The fourth-order valence-corrected chi connectivity index (χ4v) is 9.53. The summed E-state index contributed by atoms with van der Waals surface area (Å²) in [4.78, 5) is 46.4. The van der Waals surface area contributed by atoms with Gasteiger partial charge < -0.3 is 18.8 Å². The molecule has 0 aliphatic carbocycles. The van der Waals surface area contributed by atoms with E-state index in [1.165, 1.54) is 0 Å². The maximum Gasteiger partial charge on any atom is 0.345 e. The maximum absolute atomic E-state index is 15.1. The Morgan fingerprint density at radius 1 is 0.642 bits per heavy atom. The zero-order chi connectivity index (χ0) is 37.0. The third-order valence-corrected chi connectivity index (χ3v) is 12.4. The van der Waals surface area contributed by atoms with Crippen molar-refractivity contribution in [2.75, 3.05) is 39.4 Å². The molecule has 8 nitrogen and oxygen atoms in total. The lowest BCUT2D eigenvalue weighted by Gasteiger charge is -2.28. The van der Waals surface area contributed by atoms with E-state index in [1.54, 1.807) is 24.8 Å². The topological polar surface area (TPSA) is 93.2 Å². The molecule has 1 aliphatic heterocycles. The summed E-state index contributed by atoms with van der Waals surface area (Å²) in [6.45, 7) is 5.43. The van der Waals surface area contributed by atoms with E-state index in [0.29, 0.717) is 54.9 Å². The van der Waals surface area contributed by atoms with Gasteiger partial charge in [0.2, 0.25) is 5.91 Å². The van der Waals surface area contributed by atoms with E-state index in [2.05, 4.69) is 0 Å². The van der Waals surface area contributed by atoms with E-state index < -0.39 is 19.0 Å². The second-order valence-electron chi connectivity index (χ2n) is 13.3. The van der Waals surface area contributed by atoms with Crippen LogP contribution in [0.5, 0.6) is 0 Å². The molecule has 1 aliphatic rings. The fourth-order valence-electron chi connectivity index (χ4n) is 7.45. The first-order valence-corrected chi connectivity index (χ1v) is 19.9. The van der Waals surface area contributed by atoms with Crippen molar-refractivity contribution in [3.63, 3.8) is 0 Å². The van der Waals surface area contributed by atoms with Crippen LogP contribution in [-0.2, 0) is 24.8 Å². The lowest BCUT2D eigenvalue weighted by Crippen LogP contribution is -2.38. The Kier molecular flexibility index (Phi) is 10.8. The van der Waals surface area contributed by atoms with Gasteiger partial charge in [-0.1, -0.05) is 97.1 Å². The van der Waals surface area contributed by atoms with Crippen LogP contribution in [0.2, 0.25) is 0 Å². The molecule has 1 atom stereocenters. The lowest BCUT2D eigenvalue weighted by molar-refractivity contribution is -0.130. The molecule has 270 valence electrons. The van der Waals surface area contributed by atoms with Gasteiger partial charge in [0, 0.05) is 37.3 Å². The number of ketones is 1. The fraction of sp³-hybridized carbons (Fsp3) is 0.250. The van der Waals surface area contributed by atoms with Crippen molar-refractivity contribution in [2.45, 2.75) is 32.3 Å². The first-order valence-electron chi connectivity index (χ1n) is 18.3. The standard InChI is InChI=1S/C44H43N2O6P/c1-3-51-53(50,52-4-2)43(39-20-11-18-32-14-9-10-19-38(32)39)42(48)40-29-35-17-8-7-16-34(35)28-37(40)30-41(47)45-23-12-24-46(26-25-45)44(49)36-22-21-31-13-5-6-15-33(31)27-36/h5-11,13-22,27-29,43H,3-4,12,23-26,30H2,1-2H3. The Morgan fingerprint density at radius 2 is 1.23 bits per heavy atom. The van der Waals surface area contributed by atoms with Gasteiger partial charge >= 0.3 is 7.60 Å². The lowest BCUT2D eigenvalue weighted by atomic mass is 9.91. The molecule has 53 heavy (non-hydrogen) atoms. The van der Waals surface area contributed by atoms with Crippen LogP contribution in [0, 0.1) is 0 Å². The Morgan fingerprint density at radius 3 is 1.94 bits per heavy atom. The maximum atomic E-state index is 15.1. The highest BCUT2D eigenvalue weighted by Crippen LogP contribution is 2.63. The number of hydrogen-bond acceptors (Lipinski definition) is 6. The second-order valence-corrected chi connectivity index (χ2v) is 15.4. The van der Waals surface area contributed by atoms with Gasteiger partial charge in [-0.05, 0) is 88.0 Å². The Balaban J connectivity index is 1.20. The Hall–Kier alpha value is -5.14. The monoisotopic (exact) mass is 726 g/mol. The van der Waals surface area contributed by atoms with Crippen molar-refractivity contribution in [3.8, 4) is 0 Å². The largest absolute Gasteiger partial charge is 0.345 e. The first kappa shape index (κ1) is 36.2. The van der Waals surface area contributed by atoms with E-state index >= 15 is 4.79 Å². The predicted molar refractivity (Wildman–Crippen MR) is 211 cm³/mol. The van der Waals surface area contributed by atoms with Crippen LogP contribution in [0.15, 0.2) is 121 Å². The number of hydrogen-bond donors (Lipinski definition) is 0. The Bertz CT molecular complexity index is 2360. The van der Waals surface area contributed by atoms with Gasteiger partial charge in [0.05, 0.1) is 19.6 Å². The average molecular weight is 727 g/mol. The van der Waals surface area contributed by atoms with Crippen LogP contribution in [0.4, 0.5) is 0 Å². The van der Waals surface area contributed by atoms with Crippen LogP contribution in [0.25, 0.3) is 32.3 Å². The molecule has 1 fully saturated rings. The third-order valence-electron chi connectivity index (χ3n) is 10.0. The Labute approximate surface area is 309 Å². The van der Waals surface area contributed by atoms with Crippen molar-refractivity contribution in [2.24, 2.45) is 0 Å². The van der Waals surface area contributed by atoms with Crippen LogP contribution >= 0.6 is 7.60 Å². The summed E-state index contributed by atoms with van der Waals surface area (Å²) in [5.74, 6) is -0.628. The molecule has 1 unspecified atom stereocenters. The highest BCUT2D eigenvalue weighted by Gasteiger charge is 2.44. The number of carbonyl (C=O) groups is 3.